The number of allylic oxidation sites excluding steroid dienone is 1. The molecule has 3 rings (SSSR count). The van der Waals surface area contributed by atoms with Crippen LogP contribution in [-0.4, -0.2) is 51.1 Å². The van der Waals surface area contributed by atoms with E-state index in [-0.39, 0.29) is 6.03 Å². The molecule has 1 aliphatic heterocycles. The van der Waals surface area contributed by atoms with Crippen molar-refractivity contribution in [3.63, 3.8) is 0 Å². The predicted molar refractivity (Wildman–Crippen MR) is 139 cm³/mol. The first-order valence-corrected chi connectivity index (χ1v) is 13.0. The molecule has 1 aliphatic carbocycles. The number of halogens is 1. The first-order valence-electron chi connectivity index (χ1n) is 11.4. The second-order valence-corrected chi connectivity index (χ2v) is 10.9. The van der Waals surface area contributed by atoms with Gasteiger partial charge in [-0.25, -0.2) is 0 Å². The number of thiophene rings is 1. The summed E-state index contributed by atoms with van der Waals surface area (Å²) in [6.07, 6.45) is 9.10. The minimum atomic E-state index is -0.170. The number of anilines is 1. The van der Waals surface area contributed by atoms with E-state index >= 15 is 0 Å². The summed E-state index contributed by atoms with van der Waals surface area (Å²) in [6.45, 7) is 6.90. The van der Waals surface area contributed by atoms with Crippen molar-refractivity contribution in [1.29, 1.82) is 0 Å². The third-order valence-electron chi connectivity index (χ3n) is 6.27. The van der Waals surface area contributed by atoms with Gasteiger partial charge in [0, 0.05) is 0 Å². The molecule has 0 unspecified atom stereocenters. The number of aryl methyl sites for hydroxylation is 1. The van der Waals surface area contributed by atoms with E-state index < -0.39 is 0 Å². The Morgan fingerprint density at radius 3 is 2.77 bits per heavy atom. The van der Waals surface area contributed by atoms with E-state index in [1.165, 1.54) is 52.8 Å². The van der Waals surface area contributed by atoms with E-state index in [2.05, 4.69) is 52.4 Å². The zero-order valence-electron chi connectivity index (χ0n) is 19.1. The Kier molecular flexibility index (Phi) is 9.17. The Balaban J connectivity index is 1.71. The zero-order valence-corrected chi connectivity index (χ0v) is 21.5. The molecule has 2 N–H and O–H groups in total. The standard InChI is InChI=1S/C24H34BBrN3OS/c1-4-5-8-17-15-29(3)12-11-18(17)21(16(2)26)14-27-24(30)28-23-20(13-25)19-9-6-7-10-22(19)31-23/h13H,4-12,14-15H2,1-3H3,(H2,27,28,30)/b21-16+. The number of rotatable bonds is 8. The molecule has 0 saturated heterocycles. The second-order valence-electron chi connectivity index (χ2n) is 8.61. The van der Waals surface area contributed by atoms with Gasteiger partial charge in [-0.05, 0) is 7.05 Å². The summed E-state index contributed by atoms with van der Waals surface area (Å²) in [5.41, 5.74) is 6.47. The number of urea groups is 1. The fourth-order valence-corrected chi connectivity index (χ4v) is 6.23. The molecule has 1 radical (unpaired) electrons. The second kappa shape index (κ2) is 11.6. The number of hydrogen-bond acceptors (Lipinski definition) is 3. The molecule has 4 nitrogen and oxygen atoms in total. The Morgan fingerprint density at radius 1 is 1.29 bits per heavy atom. The van der Waals surface area contributed by atoms with Crippen molar-refractivity contribution in [1.82, 2.24) is 10.2 Å². The van der Waals surface area contributed by atoms with Crippen LogP contribution in [0, 0.1) is 0 Å². The molecule has 31 heavy (non-hydrogen) atoms. The van der Waals surface area contributed by atoms with E-state index in [4.69, 9.17) is 7.49 Å². The van der Waals surface area contributed by atoms with Crippen LogP contribution in [0.1, 0.15) is 68.4 Å². The molecule has 7 heteroatoms. The molecule has 0 spiro atoms. The number of likely N-dealkylation sites (N-methyl/N-ethyl adjacent to an activating group) is 1. The molecule has 1 aromatic heterocycles. The van der Waals surface area contributed by atoms with Crippen LogP contribution < -0.4 is 10.6 Å². The predicted octanol–water partition coefficient (Wildman–Crippen LogP) is 5.56. The summed E-state index contributed by atoms with van der Waals surface area (Å²) in [6, 6.07) is -0.170. The van der Waals surface area contributed by atoms with Crippen molar-refractivity contribution in [3.8, 4) is 0 Å². The molecule has 1 aromatic rings. The van der Waals surface area contributed by atoms with Gasteiger partial charge in [-0.1, -0.05) is 13.3 Å². The van der Waals surface area contributed by atoms with E-state index in [1.807, 2.05) is 0 Å². The number of carbonyl (C=O) groups is 1. The normalized spacial score (nSPS) is 17.8. The number of carbonyl (C=O) groups excluding carboxylic acids is 1. The van der Waals surface area contributed by atoms with Crippen molar-refractivity contribution in [2.24, 2.45) is 0 Å². The summed E-state index contributed by atoms with van der Waals surface area (Å²) in [5.74, 6) is 1.65. The number of nitrogens with zero attached hydrogens (tertiary/aromatic N) is 1. The van der Waals surface area contributed by atoms with Gasteiger partial charge >= 0.3 is 181 Å². The van der Waals surface area contributed by atoms with Gasteiger partial charge in [0.25, 0.3) is 0 Å². The van der Waals surface area contributed by atoms with Crippen LogP contribution in [-0.2, 0) is 12.8 Å². The van der Waals surface area contributed by atoms with Crippen LogP contribution in [0.5, 0.6) is 0 Å². The number of fused-ring (bicyclic) bond motifs is 1. The summed E-state index contributed by atoms with van der Waals surface area (Å²) in [4.78, 5) is 16.5. The molecular weight excluding hydrogens is 469 g/mol. The van der Waals surface area contributed by atoms with Gasteiger partial charge in [-0.15, -0.1) is 0 Å². The summed E-state index contributed by atoms with van der Waals surface area (Å²) in [5, 5.41) is 7.03. The molecule has 2 aliphatic rings. The molecule has 0 bridgehead atoms. The number of unbranched alkanes of at least 4 members (excludes halogenated alkanes) is 1. The third kappa shape index (κ3) is 6.20. The van der Waals surface area contributed by atoms with Gasteiger partial charge in [-0.3, -0.25) is 0 Å². The van der Waals surface area contributed by atoms with Crippen LogP contribution in [0.25, 0.3) is 0 Å². The van der Waals surface area contributed by atoms with Gasteiger partial charge in [0.1, 0.15) is 0 Å². The topological polar surface area (TPSA) is 44.4 Å². The Labute approximate surface area is 200 Å². The summed E-state index contributed by atoms with van der Waals surface area (Å²) >= 11 is 5.38. The van der Waals surface area contributed by atoms with Crippen LogP contribution >= 0.6 is 27.3 Å². The first-order chi connectivity index (χ1) is 14.9. The third-order valence-corrected chi connectivity index (χ3v) is 7.98. The van der Waals surface area contributed by atoms with E-state index in [9.17, 15) is 4.79 Å². The first kappa shape index (κ1) is 24.5. The summed E-state index contributed by atoms with van der Waals surface area (Å²) in [7, 11) is 8.09. The fraction of sp³-hybridized carbons (Fsp3) is 0.583. The number of hydrogen-bond donors (Lipinski definition) is 2. The fourth-order valence-electron chi connectivity index (χ4n) is 4.58. The van der Waals surface area contributed by atoms with Crippen LogP contribution in [0.3, 0.4) is 0 Å². The average molecular weight is 503 g/mol. The molecule has 0 fully saturated rings. The van der Waals surface area contributed by atoms with Gasteiger partial charge in [0.05, 0.1) is 0 Å². The molecule has 2 heterocycles. The molecule has 0 atom stereocenters. The van der Waals surface area contributed by atoms with E-state index in [0.29, 0.717) is 6.54 Å². The maximum absolute atomic E-state index is 12.8. The van der Waals surface area contributed by atoms with Crippen molar-refractivity contribution < 1.29 is 4.79 Å². The Morgan fingerprint density at radius 2 is 2.06 bits per heavy atom. The molecule has 2 amide bonds. The minimum absolute atomic E-state index is 0.170. The maximum atomic E-state index is 12.8. The zero-order chi connectivity index (χ0) is 22.4. The Bertz CT molecular complexity index is 886. The van der Waals surface area contributed by atoms with Crippen molar-refractivity contribution >= 4 is 51.8 Å². The van der Waals surface area contributed by atoms with Gasteiger partial charge in [0.2, 0.25) is 0 Å². The summed E-state index contributed by atoms with van der Waals surface area (Å²) < 4.78 is 1.10. The number of amides is 2. The Hall–Kier alpha value is -1.18. The van der Waals surface area contributed by atoms with Crippen molar-refractivity contribution in [2.45, 2.75) is 65.2 Å². The van der Waals surface area contributed by atoms with Gasteiger partial charge in [-0.2, -0.15) is 0 Å². The van der Waals surface area contributed by atoms with Crippen molar-refractivity contribution in [2.75, 3.05) is 32.0 Å². The quantitative estimate of drug-likeness (QED) is 0.457. The number of nitrogens with one attached hydrogen (secondary N) is 2. The monoisotopic (exact) mass is 502 g/mol. The average Bonchev–Trinajstić information content (AvgIpc) is 3.09. The molecule has 0 saturated carbocycles. The van der Waals surface area contributed by atoms with Crippen LogP contribution in [0.2, 0.25) is 0 Å². The van der Waals surface area contributed by atoms with E-state index in [1.54, 1.807) is 17.3 Å². The molecule has 0 aromatic carbocycles. The van der Waals surface area contributed by atoms with Gasteiger partial charge < -0.3 is 0 Å². The van der Waals surface area contributed by atoms with Crippen molar-refractivity contribution in [3.05, 3.63) is 37.2 Å². The van der Waals surface area contributed by atoms with Crippen LogP contribution in [0.15, 0.2) is 21.2 Å². The van der Waals surface area contributed by atoms with E-state index in [0.717, 1.165) is 53.8 Å². The van der Waals surface area contributed by atoms with Crippen LogP contribution in [0.4, 0.5) is 9.80 Å². The SMILES string of the molecule is [B]=Cc1c(NC(=O)NC/C(C2=C(CCCC)CN(C)CC2)=C(/C)Br)sc2c1CCCC2. The molecular formula is C24H34BBrN3OS. The molecule has 167 valence electrons. The van der Waals surface area contributed by atoms with Gasteiger partial charge in [0.15, 0.2) is 0 Å².